The van der Waals surface area contributed by atoms with Crippen LogP contribution in [-0.4, -0.2) is 36.4 Å². The molecule has 0 amide bonds. The standard InChI is InChI=1S/C13H16O5/c1-3-4-5-11(15)18-13-10-7-6-9(17-10)12(13)16-8(2)14/h3,6-7,9-10,12-13H,1,4-5H2,2H3/t9-,10+,12+,13-/m0/s1. The predicted molar refractivity (Wildman–Crippen MR) is 62.7 cm³/mol. The largest absolute Gasteiger partial charge is 0.455 e. The Morgan fingerprint density at radius 1 is 1.28 bits per heavy atom. The number of hydrogen-bond acceptors (Lipinski definition) is 5. The van der Waals surface area contributed by atoms with Crippen molar-refractivity contribution in [2.45, 2.75) is 44.2 Å². The van der Waals surface area contributed by atoms with E-state index < -0.39 is 18.2 Å². The van der Waals surface area contributed by atoms with E-state index in [2.05, 4.69) is 6.58 Å². The summed E-state index contributed by atoms with van der Waals surface area (Å²) in [6.07, 6.45) is 4.45. The second kappa shape index (κ2) is 5.35. The van der Waals surface area contributed by atoms with E-state index in [1.54, 1.807) is 6.08 Å². The van der Waals surface area contributed by atoms with Gasteiger partial charge in [0.25, 0.3) is 0 Å². The maximum absolute atomic E-state index is 11.6. The first-order valence-electron chi connectivity index (χ1n) is 5.93. The Labute approximate surface area is 105 Å². The summed E-state index contributed by atoms with van der Waals surface area (Å²) in [4.78, 5) is 22.6. The van der Waals surface area contributed by atoms with Gasteiger partial charge in [-0.05, 0) is 6.42 Å². The number of allylic oxidation sites excluding steroid dienone is 1. The van der Waals surface area contributed by atoms with Crippen LogP contribution >= 0.6 is 0 Å². The lowest BCUT2D eigenvalue weighted by molar-refractivity contribution is -0.164. The van der Waals surface area contributed by atoms with Gasteiger partial charge in [-0.1, -0.05) is 18.2 Å². The molecular formula is C13H16O5. The lowest BCUT2D eigenvalue weighted by atomic mass is 10.0. The number of carbonyl (C=O) groups is 2. The molecule has 0 saturated carbocycles. The minimum atomic E-state index is -0.541. The average molecular weight is 252 g/mol. The second-order valence-electron chi connectivity index (χ2n) is 4.31. The summed E-state index contributed by atoms with van der Waals surface area (Å²) < 4.78 is 16.0. The van der Waals surface area contributed by atoms with Gasteiger partial charge in [0.05, 0.1) is 0 Å². The van der Waals surface area contributed by atoms with E-state index in [1.165, 1.54) is 6.92 Å². The monoisotopic (exact) mass is 252 g/mol. The summed E-state index contributed by atoms with van der Waals surface area (Å²) in [6.45, 7) is 4.87. The van der Waals surface area contributed by atoms with Crippen LogP contribution in [0.25, 0.3) is 0 Å². The van der Waals surface area contributed by atoms with Gasteiger partial charge in [0.1, 0.15) is 12.2 Å². The first-order valence-corrected chi connectivity index (χ1v) is 5.93. The zero-order chi connectivity index (χ0) is 13.1. The predicted octanol–water partition coefficient (Wildman–Crippen LogP) is 1.13. The third-order valence-electron chi connectivity index (χ3n) is 2.90. The Morgan fingerprint density at radius 3 is 2.44 bits per heavy atom. The van der Waals surface area contributed by atoms with Crippen molar-refractivity contribution in [2.75, 3.05) is 0 Å². The first kappa shape index (κ1) is 12.8. The molecule has 0 aliphatic carbocycles. The van der Waals surface area contributed by atoms with Gasteiger partial charge in [0, 0.05) is 13.3 Å². The zero-order valence-corrected chi connectivity index (χ0v) is 10.2. The highest BCUT2D eigenvalue weighted by Gasteiger charge is 2.50. The molecule has 1 fully saturated rings. The lowest BCUT2D eigenvalue weighted by Gasteiger charge is -2.24. The molecule has 0 aromatic rings. The van der Waals surface area contributed by atoms with Crippen LogP contribution in [0.5, 0.6) is 0 Å². The average Bonchev–Trinajstić information content (AvgIpc) is 2.89. The molecule has 0 radical (unpaired) electrons. The fourth-order valence-electron chi connectivity index (χ4n) is 2.13. The van der Waals surface area contributed by atoms with Crippen LogP contribution in [0.1, 0.15) is 19.8 Å². The highest BCUT2D eigenvalue weighted by molar-refractivity contribution is 5.70. The Balaban J connectivity index is 1.97. The molecule has 0 aromatic carbocycles. The fraction of sp³-hybridized carbons (Fsp3) is 0.538. The van der Waals surface area contributed by atoms with E-state index in [9.17, 15) is 9.59 Å². The molecule has 2 aliphatic rings. The maximum Gasteiger partial charge on any atom is 0.306 e. The zero-order valence-electron chi connectivity index (χ0n) is 10.2. The molecule has 2 bridgehead atoms. The van der Waals surface area contributed by atoms with E-state index >= 15 is 0 Å². The van der Waals surface area contributed by atoms with Gasteiger partial charge in [-0.2, -0.15) is 0 Å². The minimum Gasteiger partial charge on any atom is -0.455 e. The van der Waals surface area contributed by atoms with Crippen molar-refractivity contribution in [3.05, 3.63) is 24.8 Å². The van der Waals surface area contributed by atoms with E-state index in [0.29, 0.717) is 6.42 Å². The van der Waals surface area contributed by atoms with E-state index in [0.717, 1.165) is 0 Å². The number of esters is 2. The number of rotatable bonds is 5. The van der Waals surface area contributed by atoms with Gasteiger partial charge in [-0.3, -0.25) is 9.59 Å². The van der Waals surface area contributed by atoms with Gasteiger partial charge in [-0.15, -0.1) is 6.58 Å². The summed E-state index contributed by atoms with van der Waals surface area (Å²) in [5.41, 5.74) is 0. The number of fused-ring (bicyclic) bond motifs is 2. The molecule has 2 heterocycles. The third-order valence-corrected chi connectivity index (χ3v) is 2.90. The maximum atomic E-state index is 11.6. The topological polar surface area (TPSA) is 61.8 Å². The van der Waals surface area contributed by atoms with Crippen molar-refractivity contribution in [1.29, 1.82) is 0 Å². The van der Waals surface area contributed by atoms with Crippen molar-refractivity contribution >= 4 is 11.9 Å². The highest BCUT2D eigenvalue weighted by atomic mass is 16.6. The summed E-state index contributed by atoms with van der Waals surface area (Å²) in [6, 6.07) is 0. The van der Waals surface area contributed by atoms with Crippen LogP contribution in [0.3, 0.4) is 0 Å². The highest BCUT2D eigenvalue weighted by Crippen LogP contribution is 2.33. The molecule has 4 atom stereocenters. The quantitative estimate of drug-likeness (QED) is 0.542. The third kappa shape index (κ3) is 2.61. The molecule has 2 aliphatic heterocycles. The lowest BCUT2D eigenvalue weighted by Crippen LogP contribution is -2.41. The van der Waals surface area contributed by atoms with Gasteiger partial charge >= 0.3 is 11.9 Å². The van der Waals surface area contributed by atoms with E-state index in [-0.39, 0.29) is 24.6 Å². The SMILES string of the molecule is C=CCCC(=O)O[C@@H]1[C@H](OC(C)=O)[C@@H]2C=C[C@H]1O2. The summed E-state index contributed by atoms with van der Waals surface area (Å²) >= 11 is 0. The Kier molecular flexibility index (Phi) is 3.81. The Morgan fingerprint density at radius 2 is 1.89 bits per heavy atom. The molecular weight excluding hydrogens is 236 g/mol. The number of ether oxygens (including phenoxy) is 3. The smallest absolute Gasteiger partial charge is 0.306 e. The van der Waals surface area contributed by atoms with E-state index in [4.69, 9.17) is 14.2 Å². The fourth-order valence-corrected chi connectivity index (χ4v) is 2.13. The van der Waals surface area contributed by atoms with Crippen LogP contribution in [0.15, 0.2) is 24.8 Å². The van der Waals surface area contributed by atoms with Gasteiger partial charge in [-0.25, -0.2) is 0 Å². The van der Waals surface area contributed by atoms with Crippen molar-refractivity contribution in [2.24, 2.45) is 0 Å². The molecule has 18 heavy (non-hydrogen) atoms. The molecule has 0 N–H and O–H groups in total. The van der Waals surface area contributed by atoms with Crippen molar-refractivity contribution in [1.82, 2.24) is 0 Å². The van der Waals surface area contributed by atoms with Crippen molar-refractivity contribution in [3.63, 3.8) is 0 Å². The minimum absolute atomic E-state index is 0.272. The van der Waals surface area contributed by atoms with E-state index in [1.807, 2.05) is 12.2 Å². The van der Waals surface area contributed by atoms with Gasteiger partial charge < -0.3 is 14.2 Å². The van der Waals surface area contributed by atoms with Crippen LogP contribution in [0, 0.1) is 0 Å². The molecule has 0 spiro atoms. The molecule has 0 unspecified atom stereocenters. The van der Waals surface area contributed by atoms with Crippen LogP contribution in [0.2, 0.25) is 0 Å². The summed E-state index contributed by atoms with van der Waals surface area (Å²) in [7, 11) is 0. The number of carbonyl (C=O) groups excluding carboxylic acids is 2. The van der Waals surface area contributed by atoms with Crippen molar-refractivity contribution < 1.29 is 23.8 Å². The second-order valence-corrected chi connectivity index (χ2v) is 4.31. The molecule has 5 nitrogen and oxygen atoms in total. The number of hydrogen-bond donors (Lipinski definition) is 0. The summed E-state index contributed by atoms with van der Waals surface area (Å²) in [5, 5.41) is 0. The van der Waals surface area contributed by atoms with Gasteiger partial charge in [0.15, 0.2) is 12.2 Å². The molecule has 1 saturated heterocycles. The van der Waals surface area contributed by atoms with Gasteiger partial charge in [0.2, 0.25) is 0 Å². The normalized spacial score (nSPS) is 32.3. The van der Waals surface area contributed by atoms with Crippen LogP contribution in [-0.2, 0) is 23.8 Å². The molecule has 5 heteroatoms. The Hall–Kier alpha value is -1.62. The molecule has 0 aromatic heterocycles. The van der Waals surface area contributed by atoms with Crippen LogP contribution < -0.4 is 0 Å². The molecule has 2 rings (SSSR count). The summed E-state index contributed by atoms with van der Waals surface area (Å²) in [5.74, 6) is -0.738. The van der Waals surface area contributed by atoms with Crippen molar-refractivity contribution in [3.8, 4) is 0 Å². The van der Waals surface area contributed by atoms with Crippen LogP contribution in [0.4, 0.5) is 0 Å². The molecule has 98 valence electrons. The Bertz CT molecular complexity index is 387. The first-order chi connectivity index (χ1) is 8.61.